The topological polar surface area (TPSA) is 379 Å². The van der Waals surface area contributed by atoms with E-state index in [4.69, 9.17) is 15.4 Å². The third-order valence-electron chi connectivity index (χ3n) is 3.81. The number of hydrogen-bond acceptors (Lipinski definition) is 15. The summed E-state index contributed by atoms with van der Waals surface area (Å²) in [6.45, 7) is -0.987. The van der Waals surface area contributed by atoms with E-state index in [-0.39, 0.29) is 92.5 Å². The van der Waals surface area contributed by atoms with Crippen molar-refractivity contribution < 1.29 is 137 Å². The molecule has 1 fully saturated rings. The molecule has 0 bridgehead atoms. The fourth-order valence-electron chi connectivity index (χ4n) is 2.62. The number of hydrogen-bond donors (Lipinski definition) is 5. The Morgan fingerprint density at radius 3 is 2.14 bits per heavy atom. The number of aromatic nitrogens is 4. The van der Waals surface area contributed by atoms with Crippen molar-refractivity contribution in [3.63, 3.8) is 0 Å². The average Bonchev–Trinajstić information content (AvgIpc) is 3.13. The van der Waals surface area contributed by atoms with Crippen molar-refractivity contribution >= 4 is 40.4 Å². The monoisotopic (exact) mass is 605 g/mol. The first-order chi connectivity index (χ1) is 14.2. The number of nitrogen functional groups attached to an aromatic ring is 1. The van der Waals surface area contributed by atoms with Crippen molar-refractivity contribution in [3.8, 4) is 0 Å². The zero-order valence-electron chi connectivity index (χ0n) is 18.3. The van der Waals surface area contributed by atoms with Crippen LogP contribution in [-0.4, -0.2) is 80.9 Å². The first-order valence-corrected chi connectivity index (χ1v) is 12.3. The SMILES string of the molecule is Nc1ncnc2c1ncn2[C@@H]1O[C@H](COP(=O)(O)OP(=O)(O)OP(=O)([O-])[O-])[C@H](O)C1O.O.O.O.[Na+].[Na+]. The largest absolute Gasteiger partial charge is 1.00 e. The molecule has 2 aromatic heterocycles. The van der Waals surface area contributed by atoms with Crippen molar-refractivity contribution in [3.05, 3.63) is 12.7 Å². The summed E-state index contributed by atoms with van der Waals surface area (Å²) in [6.07, 6.45) is -3.79. The Kier molecular flexibility index (Phi) is 17.5. The van der Waals surface area contributed by atoms with Crippen LogP contribution in [0.25, 0.3) is 11.2 Å². The van der Waals surface area contributed by atoms with E-state index >= 15 is 0 Å². The summed E-state index contributed by atoms with van der Waals surface area (Å²) < 4.78 is 51.2. The molecule has 3 heterocycles. The predicted octanol–water partition coefficient (Wildman–Crippen LogP) is -11.4. The maximum absolute atomic E-state index is 11.7. The number of nitrogens with zero attached hydrogens (tertiary/aromatic N) is 4. The van der Waals surface area contributed by atoms with E-state index < -0.39 is 54.6 Å². The van der Waals surface area contributed by atoms with Gasteiger partial charge in [-0.1, -0.05) is 0 Å². The number of phosphoric ester groups is 1. The summed E-state index contributed by atoms with van der Waals surface area (Å²) in [5, 5.41) is 20.4. The number of anilines is 1. The molecule has 26 heteroatoms. The molecule has 21 nitrogen and oxygen atoms in total. The van der Waals surface area contributed by atoms with Crippen LogP contribution in [0.4, 0.5) is 5.82 Å². The summed E-state index contributed by atoms with van der Waals surface area (Å²) in [4.78, 5) is 50.8. The van der Waals surface area contributed by atoms with Gasteiger partial charge in [0.25, 0.3) is 0 Å². The third-order valence-corrected chi connectivity index (χ3v) is 7.56. The molecule has 3 unspecified atom stereocenters. The van der Waals surface area contributed by atoms with E-state index in [0.717, 1.165) is 6.33 Å². The minimum atomic E-state index is -6.04. The Hall–Kier alpha value is 0.520. The number of aliphatic hydroxyl groups is 2. The molecule has 1 saturated heterocycles. The van der Waals surface area contributed by atoms with E-state index in [9.17, 15) is 38.6 Å². The first kappa shape index (κ1) is 41.0. The van der Waals surface area contributed by atoms with Crippen LogP contribution in [0, 0.1) is 0 Å². The maximum atomic E-state index is 11.7. The van der Waals surface area contributed by atoms with Crippen molar-refractivity contribution in [1.29, 1.82) is 0 Å². The number of imidazole rings is 1. The van der Waals surface area contributed by atoms with Crippen LogP contribution in [0.2, 0.25) is 0 Å². The molecule has 2 aromatic rings. The van der Waals surface area contributed by atoms with Gasteiger partial charge in [0.2, 0.25) is 0 Å². The zero-order chi connectivity index (χ0) is 23.2. The molecule has 0 radical (unpaired) electrons. The molecule has 6 atom stereocenters. The van der Waals surface area contributed by atoms with Gasteiger partial charge in [0.15, 0.2) is 17.7 Å². The Bertz CT molecular complexity index is 1120. The van der Waals surface area contributed by atoms with Crippen molar-refractivity contribution in [2.45, 2.75) is 24.5 Å². The number of ether oxygens (including phenoxy) is 1. The van der Waals surface area contributed by atoms with Crippen LogP contribution in [0.5, 0.6) is 0 Å². The van der Waals surface area contributed by atoms with Crippen molar-refractivity contribution in [1.82, 2.24) is 19.5 Å². The van der Waals surface area contributed by atoms with Crippen molar-refractivity contribution in [2.75, 3.05) is 12.3 Å². The van der Waals surface area contributed by atoms with Crippen LogP contribution >= 0.6 is 23.5 Å². The second-order valence-corrected chi connectivity index (χ2v) is 10.3. The smallest absolute Gasteiger partial charge is 0.789 e. The van der Waals surface area contributed by atoms with Gasteiger partial charge >= 0.3 is 74.8 Å². The molecule has 36 heavy (non-hydrogen) atoms. The molecule has 0 amide bonds. The summed E-state index contributed by atoms with van der Waals surface area (Å²) in [6, 6.07) is 0. The van der Waals surface area contributed by atoms with Gasteiger partial charge in [-0.05, 0) is 0 Å². The maximum Gasteiger partial charge on any atom is 1.00 e. The second kappa shape index (κ2) is 15.3. The van der Waals surface area contributed by atoms with Gasteiger partial charge in [0, 0.05) is 0 Å². The van der Waals surface area contributed by atoms with Crippen LogP contribution in [-0.2, 0) is 31.6 Å². The van der Waals surface area contributed by atoms with Crippen LogP contribution < -0.4 is 74.6 Å². The molecule has 198 valence electrons. The van der Waals surface area contributed by atoms with E-state index in [1.807, 2.05) is 0 Å². The molecule has 0 saturated carbocycles. The van der Waals surface area contributed by atoms with Crippen LogP contribution in [0.15, 0.2) is 12.7 Å². The predicted molar refractivity (Wildman–Crippen MR) is 102 cm³/mol. The van der Waals surface area contributed by atoms with Crippen molar-refractivity contribution in [2.24, 2.45) is 0 Å². The Labute approximate surface area is 244 Å². The molecular formula is C10H20N5Na2O16P3. The summed E-state index contributed by atoms with van der Waals surface area (Å²) in [5.41, 5.74) is 5.97. The number of nitrogens with two attached hydrogens (primary N) is 1. The first-order valence-electron chi connectivity index (χ1n) is 7.88. The van der Waals surface area contributed by atoms with Crippen LogP contribution in [0.3, 0.4) is 0 Å². The van der Waals surface area contributed by atoms with Gasteiger partial charge in [0.1, 0.15) is 30.2 Å². The molecule has 0 aliphatic carbocycles. The summed E-state index contributed by atoms with van der Waals surface area (Å²) >= 11 is 0. The quantitative estimate of drug-likeness (QED) is 0.138. The Balaban J connectivity index is -0.00000218. The van der Waals surface area contributed by atoms with Gasteiger partial charge in [-0.2, -0.15) is 4.31 Å². The normalized spacial score (nSPS) is 24.5. The second-order valence-electron chi connectivity index (χ2n) is 5.97. The molecule has 0 aromatic carbocycles. The number of rotatable bonds is 8. The summed E-state index contributed by atoms with van der Waals surface area (Å²) in [5.74, 6) is 0.0337. The summed E-state index contributed by atoms with van der Waals surface area (Å²) in [7, 11) is -17.4. The van der Waals surface area contributed by atoms with Gasteiger partial charge in [-0.3, -0.25) is 13.4 Å². The van der Waals surface area contributed by atoms with Gasteiger partial charge in [0.05, 0.1) is 20.8 Å². The van der Waals surface area contributed by atoms with Gasteiger partial charge in [-0.15, -0.1) is 0 Å². The molecule has 1 aliphatic heterocycles. The van der Waals surface area contributed by atoms with Gasteiger partial charge in [-0.25, -0.2) is 24.1 Å². The third kappa shape index (κ3) is 10.2. The standard InChI is InChI=1S/C10H16N5O13P3.2Na.3H2O/c11-8-5-9(13-2-12-8)15(3-14-5)10-7(17)6(16)4(26-10)1-25-30(21,22)28-31(23,24)27-29(18,19)20;;;;;/h2-4,6-7,10,16-17H,1H2,(H,21,22)(H,23,24)(H2,11,12,13)(H2,18,19,20);;;3*1H2/q;2*+1;;;/p-2/t4-,6+,7?,10-;;;;;/m1...../s1. The van der Waals surface area contributed by atoms with E-state index in [2.05, 4.69) is 28.1 Å². The van der Waals surface area contributed by atoms with E-state index in [1.165, 1.54) is 10.9 Å². The fourth-order valence-corrected chi connectivity index (χ4v) is 5.58. The number of fused-ring (bicyclic) bond motifs is 1. The number of aliphatic hydroxyl groups excluding tert-OH is 2. The van der Waals surface area contributed by atoms with E-state index in [0.29, 0.717) is 0 Å². The fraction of sp³-hybridized carbons (Fsp3) is 0.500. The molecule has 3 rings (SSSR count). The zero-order valence-corrected chi connectivity index (χ0v) is 25.0. The minimum absolute atomic E-state index is 0. The average molecular weight is 605 g/mol. The molecular weight excluding hydrogens is 585 g/mol. The molecule has 0 spiro atoms. The Morgan fingerprint density at radius 1 is 1.00 bits per heavy atom. The minimum Gasteiger partial charge on any atom is -0.789 e. The Morgan fingerprint density at radius 2 is 1.58 bits per heavy atom. The number of phosphoric acid groups is 3. The molecule has 12 N–H and O–H groups in total. The van der Waals surface area contributed by atoms with E-state index in [1.54, 1.807) is 0 Å². The molecule has 1 aliphatic rings. The van der Waals surface area contributed by atoms with Crippen LogP contribution in [0.1, 0.15) is 6.23 Å². The van der Waals surface area contributed by atoms with Gasteiger partial charge < -0.3 is 61.3 Å².